The van der Waals surface area contributed by atoms with Gasteiger partial charge in [-0.1, -0.05) is 27.7 Å². The number of aliphatic carboxylic acids is 2. The van der Waals surface area contributed by atoms with Crippen LogP contribution in [-0.2, 0) is 57.4 Å². The summed E-state index contributed by atoms with van der Waals surface area (Å²) in [7, 11) is 1.14. The fourth-order valence-corrected chi connectivity index (χ4v) is 8.57. The minimum atomic E-state index is -1.96. The Balaban J connectivity index is 2.17. The van der Waals surface area contributed by atoms with Crippen LogP contribution in [0, 0.1) is 11.8 Å². The molecule has 68 heavy (non-hydrogen) atoms. The number of aliphatic hydroxyl groups excluding tert-OH is 1. The third-order valence-electron chi connectivity index (χ3n) is 11.1. The molecule has 384 valence electrons. The lowest BCUT2D eigenvalue weighted by Crippen LogP contribution is -2.80. The number of carboxylic acid groups (broad SMARTS) is 2. The van der Waals surface area contributed by atoms with Gasteiger partial charge in [-0.05, 0) is 63.5 Å². The van der Waals surface area contributed by atoms with Crippen LogP contribution in [0.5, 0.6) is 0 Å². The molecule has 1 fully saturated rings. The Kier molecular flexibility index (Phi) is 23.7. The topological polar surface area (TPSA) is 443 Å². The van der Waals surface area contributed by atoms with Crippen LogP contribution in [0.3, 0.4) is 0 Å². The molecular weight excluding hydrogens is 919 g/mol. The first-order valence-corrected chi connectivity index (χ1v) is 23.2. The molecule has 9 atom stereocenters. The molecule has 2 aliphatic rings. The monoisotopic (exact) mass is 987 g/mol. The van der Waals surface area contributed by atoms with Gasteiger partial charge in [0.25, 0.3) is 11.6 Å². The molecule has 0 bridgehead atoms. The fraction of sp³-hybridized carbons (Fsp3) is 0.707. The Hall–Kier alpha value is -5.45. The molecule has 7 amide bonds. The molecule has 2 rings (SSSR count). The third-order valence-corrected chi connectivity index (χ3v) is 12.4. The fourth-order valence-electron chi connectivity index (χ4n) is 7.15. The summed E-state index contributed by atoms with van der Waals surface area (Å²) in [6.07, 6.45) is -2.41. The van der Waals surface area contributed by atoms with Crippen LogP contribution in [0.15, 0.2) is 11.3 Å². The molecule has 0 spiro atoms. The van der Waals surface area contributed by atoms with Gasteiger partial charge in [0.2, 0.25) is 35.4 Å². The number of amides is 7. The van der Waals surface area contributed by atoms with Crippen molar-refractivity contribution >= 4 is 71.0 Å². The molecule has 0 saturated carbocycles. The second kappa shape index (κ2) is 27.5. The van der Waals surface area contributed by atoms with Crippen LogP contribution in [0.2, 0.25) is 0 Å². The van der Waals surface area contributed by atoms with Crippen molar-refractivity contribution in [2.75, 3.05) is 32.6 Å². The van der Waals surface area contributed by atoms with Crippen LogP contribution < -0.4 is 55.3 Å². The van der Waals surface area contributed by atoms with E-state index in [9.17, 15) is 58.2 Å². The Morgan fingerprint density at radius 2 is 1.35 bits per heavy atom. The molecule has 0 aliphatic carbocycles. The number of nitrogens with two attached hydrogens (primary N) is 5. The van der Waals surface area contributed by atoms with E-state index in [1.807, 2.05) is 0 Å². The maximum atomic E-state index is 13.7. The van der Waals surface area contributed by atoms with E-state index in [0.717, 1.165) is 23.8 Å². The van der Waals surface area contributed by atoms with Crippen LogP contribution >= 0.6 is 11.8 Å². The molecule has 26 nitrogen and oxygen atoms in total. The number of thioether (sulfide) groups is 1. The Morgan fingerprint density at radius 3 is 1.88 bits per heavy atom. The van der Waals surface area contributed by atoms with Crippen LogP contribution in [0.25, 0.3) is 0 Å². The molecule has 0 radical (unpaired) electrons. The Bertz CT molecular complexity index is 1890. The minimum Gasteiger partial charge on any atom is -0.480 e. The van der Waals surface area contributed by atoms with Gasteiger partial charge in [0, 0.05) is 31.3 Å². The predicted molar refractivity (Wildman–Crippen MR) is 242 cm³/mol. The highest BCUT2D eigenvalue weighted by atomic mass is 32.2. The van der Waals surface area contributed by atoms with Crippen molar-refractivity contribution in [1.82, 2.24) is 31.5 Å². The number of primary amides is 1. The predicted octanol–water partition coefficient (Wildman–Crippen LogP) is -4.49. The molecule has 2 aliphatic heterocycles. The highest BCUT2D eigenvalue weighted by molar-refractivity contribution is 8.00. The quantitative estimate of drug-likeness (QED) is 0.0177. The number of carboxylic acids is 2. The maximum absolute atomic E-state index is 13.7. The van der Waals surface area contributed by atoms with Gasteiger partial charge in [-0.25, -0.2) is 4.79 Å². The third kappa shape index (κ3) is 16.4. The number of carbonyl (C=O) groups is 10. The Morgan fingerprint density at radius 1 is 0.794 bits per heavy atom. The van der Waals surface area contributed by atoms with Gasteiger partial charge >= 0.3 is 17.9 Å². The van der Waals surface area contributed by atoms with E-state index in [2.05, 4.69) is 26.6 Å². The standard InChI is InChI=1S/C41H69N11O15S/c1-19(2)30(49-33(57)22(44)10-7-13-42)35(59)47-24(11-8-14-43)34(58)50-31(20(3)4)36(60)48-25(15-27(46)54)26(53)16-29(56)67-17-21-18-68-40-41(66-5,39(65)52(40)32(21)38(63)64)51-28(55)12-6-9-23(45)37(61)62/h19-20,22-26,30-31,40,53H,6-18,42-45H2,1-5H3,(H2,46,54)(H,47,59)(H,48,60)(H,49,57)(H,50,58)(H,51,55)(H,61,62)(H,63,64). The molecule has 1 saturated heterocycles. The van der Waals surface area contributed by atoms with E-state index in [-0.39, 0.29) is 56.4 Å². The van der Waals surface area contributed by atoms with Crippen molar-refractivity contribution in [3.8, 4) is 0 Å². The summed E-state index contributed by atoms with van der Waals surface area (Å²) in [6.45, 7) is 6.33. The van der Waals surface area contributed by atoms with E-state index < -0.39 is 150 Å². The van der Waals surface area contributed by atoms with Crippen molar-refractivity contribution in [1.29, 1.82) is 0 Å². The highest BCUT2D eigenvalue weighted by Crippen LogP contribution is 2.46. The summed E-state index contributed by atoms with van der Waals surface area (Å²) in [5.41, 5.74) is 25.5. The zero-order valence-corrected chi connectivity index (χ0v) is 39.8. The van der Waals surface area contributed by atoms with E-state index >= 15 is 0 Å². The van der Waals surface area contributed by atoms with Crippen molar-refractivity contribution in [2.24, 2.45) is 40.5 Å². The van der Waals surface area contributed by atoms with Crippen LogP contribution in [0.1, 0.15) is 85.5 Å². The van der Waals surface area contributed by atoms with Gasteiger partial charge in [0.15, 0.2) is 0 Å². The van der Waals surface area contributed by atoms with E-state index in [4.69, 9.17) is 43.2 Å². The molecule has 0 aromatic rings. The smallest absolute Gasteiger partial charge is 0.352 e. The van der Waals surface area contributed by atoms with Crippen molar-refractivity contribution in [3.05, 3.63) is 11.3 Å². The minimum absolute atomic E-state index is 0.0245. The summed E-state index contributed by atoms with van der Waals surface area (Å²) in [6, 6.07) is -7.28. The molecule has 0 aromatic carbocycles. The first-order valence-electron chi connectivity index (χ1n) is 22.1. The second-order valence-corrected chi connectivity index (χ2v) is 18.2. The summed E-state index contributed by atoms with van der Waals surface area (Å²) in [4.78, 5) is 129. The van der Waals surface area contributed by atoms with E-state index in [1.54, 1.807) is 27.7 Å². The molecule has 2 heterocycles. The maximum Gasteiger partial charge on any atom is 0.352 e. The molecule has 27 heteroatoms. The highest BCUT2D eigenvalue weighted by Gasteiger charge is 2.66. The van der Waals surface area contributed by atoms with Crippen LogP contribution in [-0.4, -0.2) is 165 Å². The molecule has 18 N–H and O–H groups in total. The van der Waals surface area contributed by atoms with Gasteiger partial charge in [0.05, 0.1) is 24.6 Å². The van der Waals surface area contributed by atoms with Crippen molar-refractivity contribution < 1.29 is 72.7 Å². The largest absolute Gasteiger partial charge is 0.480 e. The lowest BCUT2D eigenvalue weighted by Gasteiger charge is -2.55. The van der Waals surface area contributed by atoms with Gasteiger partial charge < -0.3 is 80.0 Å². The first-order chi connectivity index (χ1) is 31.9. The number of nitrogens with one attached hydrogen (secondary N) is 5. The van der Waals surface area contributed by atoms with Gasteiger partial charge in [-0.2, -0.15) is 0 Å². The number of esters is 1. The number of fused-ring (bicyclic) bond motifs is 1. The van der Waals surface area contributed by atoms with Gasteiger partial charge in [0.1, 0.15) is 41.8 Å². The summed E-state index contributed by atoms with van der Waals surface area (Å²) in [5.74, 6) is -10.7. The molecular formula is C41H69N11O15S. The molecule has 0 aromatic heterocycles. The van der Waals surface area contributed by atoms with Gasteiger partial charge in [-0.15, -0.1) is 11.8 Å². The summed E-state index contributed by atoms with van der Waals surface area (Å²) >= 11 is 0.989. The number of carbonyl (C=O) groups excluding carboxylic acids is 8. The number of nitrogens with zero attached hydrogens (tertiary/aromatic N) is 1. The van der Waals surface area contributed by atoms with Crippen molar-refractivity contribution in [3.63, 3.8) is 0 Å². The Labute approximate surface area is 397 Å². The normalized spacial score (nSPS) is 19.8. The lowest BCUT2D eigenvalue weighted by molar-refractivity contribution is -0.192. The van der Waals surface area contributed by atoms with Crippen molar-refractivity contribution in [2.45, 2.75) is 139 Å². The van der Waals surface area contributed by atoms with Gasteiger partial charge in [-0.3, -0.25) is 48.1 Å². The first kappa shape index (κ1) is 58.7. The van der Waals surface area contributed by atoms with E-state index in [0.29, 0.717) is 13.0 Å². The second-order valence-electron chi connectivity index (χ2n) is 17.1. The number of hydrogen-bond acceptors (Lipinski definition) is 18. The zero-order chi connectivity index (χ0) is 51.6. The lowest BCUT2D eigenvalue weighted by atomic mass is 9.97. The SMILES string of the molecule is COC1(NC(=O)CCCC(N)C(=O)O)C(=O)N2C(C(=O)O)=C(COC(=O)CC(O)C(CC(N)=O)NC(=O)C(NC(=O)C(CCCN)NC(=O)C(NC(=O)C(N)CCCN)C(C)C)C(C)C)CSC21. The number of rotatable bonds is 31. The number of hydrogen-bond donors (Lipinski definition) is 13. The number of aliphatic hydroxyl groups is 1. The number of β-lactam (4-membered cyclic amide) rings is 1. The average molecular weight is 988 g/mol. The average Bonchev–Trinajstić information content (AvgIpc) is 3.27. The summed E-state index contributed by atoms with van der Waals surface area (Å²) < 4.78 is 10.7. The summed E-state index contributed by atoms with van der Waals surface area (Å²) in [5, 5.41) is 41.9. The van der Waals surface area contributed by atoms with E-state index in [1.165, 1.54) is 0 Å². The number of ether oxygens (including phenoxy) is 2. The number of methoxy groups -OCH3 is 1. The molecule has 9 unspecified atom stereocenters. The van der Waals surface area contributed by atoms with Crippen LogP contribution in [0.4, 0.5) is 0 Å². The zero-order valence-electron chi connectivity index (χ0n) is 38.9.